The van der Waals surface area contributed by atoms with Crippen LogP contribution in [-0.4, -0.2) is 51.8 Å². The molecule has 29 heavy (non-hydrogen) atoms. The molecule has 1 aliphatic rings. The first-order chi connectivity index (χ1) is 13.9. The van der Waals surface area contributed by atoms with Crippen LogP contribution in [0, 0.1) is 11.6 Å². The number of benzene rings is 2. The first-order valence-electron chi connectivity index (χ1n) is 9.21. The van der Waals surface area contributed by atoms with Gasteiger partial charge in [-0.25, -0.2) is 8.78 Å². The van der Waals surface area contributed by atoms with E-state index in [1.807, 2.05) is 0 Å². The zero-order valence-electron chi connectivity index (χ0n) is 15.7. The number of nitrogens with zero attached hydrogens (tertiary/aromatic N) is 2. The number of H-pyrrole nitrogens is 1. The predicted octanol–water partition coefficient (Wildman–Crippen LogP) is 3.02. The fourth-order valence-corrected chi connectivity index (χ4v) is 3.53. The quantitative estimate of drug-likeness (QED) is 0.631. The van der Waals surface area contributed by atoms with Crippen LogP contribution in [0.3, 0.4) is 0 Å². The number of carbonyl (C=O) groups excluding carboxylic acids is 1. The fourth-order valence-electron chi connectivity index (χ4n) is 3.53. The Labute approximate surface area is 165 Å². The summed E-state index contributed by atoms with van der Waals surface area (Å²) in [5, 5.41) is 19.9. The summed E-state index contributed by atoms with van der Waals surface area (Å²) in [5.74, 6) is -1.26. The van der Waals surface area contributed by atoms with Crippen LogP contribution in [0.2, 0.25) is 0 Å². The normalized spacial score (nSPS) is 20.0. The number of likely N-dealkylation sites (N-methyl/N-ethyl adjacent to an activating group) is 1. The third-order valence-corrected chi connectivity index (χ3v) is 5.07. The average Bonchev–Trinajstić information content (AvgIpc) is 3.23. The molecule has 3 aromatic rings. The molecule has 6 nitrogen and oxygen atoms in total. The lowest BCUT2D eigenvalue weighted by Gasteiger charge is -2.18. The highest BCUT2D eigenvalue weighted by Crippen LogP contribution is 2.26. The van der Waals surface area contributed by atoms with E-state index in [0.29, 0.717) is 29.6 Å². The summed E-state index contributed by atoms with van der Waals surface area (Å²) < 4.78 is 27.5. The van der Waals surface area contributed by atoms with Crippen LogP contribution < -0.4 is 5.32 Å². The number of carbonyl (C=O) groups is 1. The highest BCUT2D eigenvalue weighted by molar-refractivity contribution is 5.98. The second-order valence-corrected chi connectivity index (χ2v) is 7.21. The van der Waals surface area contributed by atoms with Gasteiger partial charge in [-0.1, -0.05) is 18.2 Å². The van der Waals surface area contributed by atoms with Crippen molar-refractivity contribution in [2.24, 2.45) is 0 Å². The number of β-amino-alcohol motifs (C(OH)–C–C–N with tert-alkyl or cyclic N) is 1. The third-order valence-electron chi connectivity index (χ3n) is 5.07. The van der Waals surface area contributed by atoms with E-state index in [4.69, 9.17) is 0 Å². The van der Waals surface area contributed by atoms with Crippen molar-refractivity contribution in [2.75, 3.05) is 18.9 Å². The molecule has 4 rings (SSSR count). The smallest absolute Gasteiger partial charge is 0.241 e. The molecule has 0 unspecified atom stereocenters. The van der Waals surface area contributed by atoms with E-state index in [9.17, 15) is 18.7 Å². The molecule has 1 aliphatic heterocycles. The van der Waals surface area contributed by atoms with Crippen molar-refractivity contribution in [3.05, 3.63) is 59.3 Å². The van der Waals surface area contributed by atoms with E-state index >= 15 is 0 Å². The van der Waals surface area contributed by atoms with Crippen LogP contribution >= 0.6 is 0 Å². The molecule has 2 heterocycles. The Balaban J connectivity index is 1.59. The Morgan fingerprint density at radius 3 is 2.72 bits per heavy atom. The van der Waals surface area contributed by atoms with Crippen molar-refractivity contribution in [1.29, 1.82) is 0 Å². The largest absolute Gasteiger partial charge is 0.392 e. The molecule has 1 amide bonds. The van der Waals surface area contributed by atoms with Crippen molar-refractivity contribution in [3.8, 4) is 0 Å². The lowest BCUT2D eigenvalue weighted by atomic mass is 10.1. The number of fused-ring (bicyclic) bond motifs is 1. The number of aromatic amines is 1. The molecule has 0 saturated carbocycles. The Morgan fingerprint density at radius 1 is 1.28 bits per heavy atom. The van der Waals surface area contributed by atoms with Crippen LogP contribution in [0.5, 0.6) is 0 Å². The summed E-state index contributed by atoms with van der Waals surface area (Å²) >= 11 is 0. The van der Waals surface area contributed by atoms with E-state index < -0.39 is 18.0 Å². The lowest BCUT2D eigenvalue weighted by molar-refractivity contribution is -0.120. The van der Waals surface area contributed by atoms with Gasteiger partial charge in [0.05, 0.1) is 29.0 Å². The minimum Gasteiger partial charge on any atom is -0.392 e. The predicted molar refractivity (Wildman–Crippen MR) is 107 cm³/mol. The maximum Gasteiger partial charge on any atom is 0.241 e. The van der Waals surface area contributed by atoms with Gasteiger partial charge in [-0.15, -0.1) is 0 Å². The molecular formula is C21H20F2N4O2. The second-order valence-electron chi connectivity index (χ2n) is 7.21. The molecule has 1 saturated heterocycles. The molecule has 1 aromatic heterocycles. The number of aliphatic hydroxyl groups excluding tert-OH is 1. The Hall–Kier alpha value is -3.10. The van der Waals surface area contributed by atoms with E-state index in [2.05, 4.69) is 15.5 Å². The summed E-state index contributed by atoms with van der Waals surface area (Å²) in [7, 11) is 1.74. The molecule has 0 radical (unpaired) electrons. The Kier molecular flexibility index (Phi) is 5.12. The number of amides is 1. The number of aliphatic hydroxyl groups is 1. The van der Waals surface area contributed by atoms with E-state index in [0.717, 1.165) is 5.56 Å². The van der Waals surface area contributed by atoms with Crippen molar-refractivity contribution in [1.82, 2.24) is 15.1 Å². The van der Waals surface area contributed by atoms with Crippen LogP contribution in [0.4, 0.5) is 14.5 Å². The SMILES string of the molecule is CN1C[C@H](O)C[C@H]1C(=O)Nc1cc2c(/C=C/c3ccc(F)cc3)n[nH]c2cc1F. The molecule has 2 aromatic carbocycles. The summed E-state index contributed by atoms with van der Waals surface area (Å²) in [5.41, 5.74) is 1.90. The summed E-state index contributed by atoms with van der Waals surface area (Å²) in [6, 6.07) is 8.30. The molecule has 0 aliphatic carbocycles. The third kappa shape index (κ3) is 4.03. The molecule has 8 heteroatoms. The first-order valence-corrected chi connectivity index (χ1v) is 9.21. The molecule has 1 fully saturated rings. The van der Waals surface area contributed by atoms with Gasteiger partial charge in [0.2, 0.25) is 5.91 Å². The topological polar surface area (TPSA) is 81.2 Å². The van der Waals surface area contributed by atoms with Crippen LogP contribution in [-0.2, 0) is 4.79 Å². The molecule has 3 N–H and O–H groups in total. The number of aromatic nitrogens is 2. The minimum absolute atomic E-state index is 0.0510. The summed E-state index contributed by atoms with van der Waals surface area (Å²) in [6.07, 6.45) is 3.24. The molecule has 0 bridgehead atoms. The molecule has 2 atom stereocenters. The minimum atomic E-state index is -0.579. The van der Waals surface area contributed by atoms with E-state index in [-0.39, 0.29) is 17.4 Å². The number of hydrogen-bond donors (Lipinski definition) is 3. The Bertz CT molecular complexity index is 1080. The van der Waals surface area contributed by atoms with Gasteiger partial charge >= 0.3 is 0 Å². The van der Waals surface area contributed by atoms with Crippen LogP contribution in [0.25, 0.3) is 23.1 Å². The molecule has 150 valence electrons. The molecular weight excluding hydrogens is 378 g/mol. The van der Waals surface area contributed by atoms with E-state index in [1.165, 1.54) is 24.3 Å². The van der Waals surface area contributed by atoms with Crippen molar-refractivity contribution < 1.29 is 18.7 Å². The molecule has 0 spiro atoms. The van der Waals surface area contributed by atoms with Crippen molar-refractivity contribution >= 4 is 34.6 Å². The summed E-state index contributed by atoms with van der Waals surface area (Å²) in [6.45, 7) is 0.402. The van der Waals surface area contributed by atoms with Crippen LogP contribution in [0.15, 0.2) is 36.4 Å². The van der Waals surface area contributed by atoms with E-state index in [1.54, 1.807) is 36.2 Å². The first kappa shape index (κ1) is 19.2. The number of rotatable bonds is 4. The zero-order chi connectivity index (χ0) is 20.5. The number of halogens is 2. The standard InChI is InChI=1S/C21H20F2N4O2/c1-27-11-14(28)8-20(27)21(29)24-19-9-15-17(25-26-18(15)10-16(19)23)7-4-12-2-5-13(22)6-3-12/h2-7,9-10,14,20,28H,8,11H2,1H3,(H,24,29)(H,25,26)/b7-4+/t14-,20+/m1/s1. The van der Waals surface area contributed by atoms with Crippen molar-refractivity contribution in [2.45, 2.75) is 18.6 Å². The fraction of sp³-hybridized carbons (Fsp3) is 0.238. The van der Waals surface area contributed by atoms with Gasteiger partial charge in [-0.2, -0.15) is 5.10 Å². The summed E-state index contributed by atoms with van der Waals surface area (Å²) in [4.78, 5) is 14.3. The number of nitrogens with one attached hydrogen (secondary N) is 2. The van der Waals surface area contributed by atoms with Crippen molar-refractivity contribution in [3.63, 3.8) is 0 Å². The van der Waals surface area contributed by atoms with Gasteiger partial charge in [0.1, 0.15) is 11.6 Å². The number of likely N-dealkylation sites (tertiary alicyclic amines) is 1. The zero-order valence-corrected chi connectivity index (χ0v) is 15.7. The monoisotopic (exact) mass is 398 g/mol. The Morgan fingerprint density at radius 2 is 2.03 bits per heavy atom. The second kappa shape index (κ2) is 7.73. The van der Waals surface area contributed by atoms with Crippen LogP contribution in [0.1, 0.15) is 17.7 Å². The highest BCUT2D eigenvalue weighted by atomic mass is 19.1. The number of hydrogen-bond acceptors (Lipinski definition) is 4. The van der Waals surface area contributed by atoms with Gasteiger partial charge < -0.3 is 10.4 Å². The van der Waals surface area contributed by atoms with Gasteiger partial charge in [0.25, 0.3) is 0 Å². The lowest BCUT2D eigenvalue weighted by Crippen LogP contribution is -2.37. The number of anilines is 1. The van der Waals surface area contributed by atoms with Gasteiger partial charge in [-0.3, -0.25) is 14.8 Å². The maximum absolute atomic E-state index is 14.5. The highest BCUT2D eigenvalue weighted by Gasteiger charge is 2.33. The van der Waals surface area contributed by atoms with Gasteiger partial charge in [-0.05, 0) is 43.3 Å². The van der Waals surface area contributed by atoms with Gasteiger partial charge in [0.15, 0.2) is 0 Å². The van der Waals surface area contributed by atoms with Gasteiger partial charge in [0, 0.05) is 18.0 Å². The maximum atomic E-state index is 14.5. The average molecular weight is 398 g/mol.